The van der Waals surface area contributed by atoms with Crippen molar-refractivity contribution >= 4 is 34.3 Å². The molecule has 1 aliphatic rings. The van der Waals surface area contributed by atoms with Crippen molar-refractivity contribution in [2.45, 2.75) is 23.4 Å². The van der Waals surface area contributed by atoms with Crippen LogP contribution in [0.2, 0.25) is 0 Å². The number of nitrogens with zero attached hydrogens (tertiary/aromatic N) is 2. The molecule has 1 aromatic heterocycles. The van der Waals surface area contributed by atoms with Crippen LogP contribution in [0.4, 0.5) is 18.9 Å². The summed E-state index contributed by atoms with van der Waals surface area (Å²) in [5.74, 6) is -0.499. The van der Waals surface area contributed by atoms with Gasteiger partial charge in [0.1, 0.15) is 18.2 Å². The zero-order valence-corrected chi connectivity index (χ0v) is 16.5. The number of carbonyl (C=O) groups is 1. The molecule has 0 bridgehead atoms. The second-order valence-corrected chi connectivity index (χ2v) is 7.80. The van der Waals surface area contributed by atoms with E-state index < -0.39 is 17.3 Å². The number of ether oxygens (including phenoxy) is 2. The SMILES string of the molecule is C[C@@H](Sc1nc(C(F)(F)F)nc2ccccc12)C(=O)Nc1ccc2c(c1)OCCO2. The largest absolute Gasteiger partial charge is 0.486 e. The molecule has 6 nitrogen and oxygen atoms in total. The van der Waals surface area contributed by atoms with Gasteiger partial charge in [-0.15, -0.1) is 0 Å². The van der Waals surface area contributed by atoms with Gasteiger partial charge in [-0.25, -0.2) is 9.97 Å². The summed E-state index contributed by atoms with van der Waals surface area (Å²) in [7, 11) is 0. The Morgan fingerprint density at radius 1 is 1.10 bits per heavy atom. The molecule has 0 saturated heterocycles. The van der Waals surface area contributed by atoms with Crippen molar-refractivity contribution in [2.24, 2.45) is 0 Å². The van der Waals surface area contributed by atoms with Gasteiger partial charge < -0.3 is 14.8 Å². The minimum absolute atomic E-state index is 0.0951. The van der Waals surface area contributed by atoms with Crippen molar-refractivity contribution in [3.63, 3.8) is 0 Å². The lowest BCUT2D eigenvalue weighted by Crippen LogP contribution is -2.23. The summed E-state index contributed by atoms with van der Waals surface area (Å²) in [4.78, 5) is 19.9. The van der Waals surface area contributed by atoms with E-state index in [1.807, 2.05) is 0 Å². The van der Waals surface area contributed by atoms with Gasteiger partial charge in [0, 0.05) is 17.1 Å². The maximum Gasteiger partial charge on any atom is 0.451 e. The third-order valence-corrected chi connectivity index (χ3v) is 5.39. The molecular weight excluding hydrogens is 419 g/mol. The predicted molar refractivity (Wildman–Crippen MR) is 106 cm³/mol. The fourth-order valence-electron chi connectivity index (χ4n) is 2.85. The van der Waals surface area contributed by atoms with Gasteiger partial charge in [0.15, 0.2) is 11.5 Å². The maximum absolute atomic E-state index is 13.2. The molecular formula is C20H16F3N3O3S. The third kappa shape index (κ3) is 4.28. The number of rotatable bonds is 4. The number of fused-ring (bicyclic) bond motifs is 2. The topological polar surface area (TPSA) is 73.3 Å². The number of aromatic nitrogens is 2. The van der Waals surface area contributed by atoms with Gasteiger partial charge in [0.25, 0.3) is 0 Å². The van der Waals surface area contributed by atoms with Crippen molar-refractivity contribution in [3.05, 3.63) is 48.3 Å². The predicted octanol–water partition coefficient (Wildman–Crippen LogP) is 4.54. The monoisotopic (exact) mass is 435 g/mol. The Morgan fingerprint density at radius 2 is 1.83 bits per heavy atom. The van der Waals surface area contributed by atoms with E-state index >= 15 is 0 Å². The molecule has 2 heterocycles. The number of anilines is 1. The summed E-state index contributed by atoms with van der Waals surface area (Å²) in [5, 5.41) is 2.58. The molecule has 3 aromatic rings. The zero-order valence-electron chi connectivity index (χ0n) is 15.7. The van der Waals surface area contributed by atoms with Crippen molar-refractivity contribution in [3.8, 4) is 11.5 Å². The van der Waals surface area contributed by atoms with Crippen molar-refractivity contribution in [2.75, 3.05) is 18.5 Å². The number of carbonyl (C=O) groups excluding carboxylic acids is 1. The average Bonchev–Trinajstić information content (AvgIpc) is 2.73. The number of benzene rings is 2. The van der Waals surface area contributed by atoms with E-state index in [1.54, 1.807) is 43.3 Å². The number of alkyl halides is 3. The highest BCUT2D eigenvalue weighted by Gasteiger charge is 2.36. The lowest BCUT2D eigenvalue weighted by molar-refractivity contribution is -0.145. The number of nitrogens with one attached hydrogen (secondary N) is 1. The van der Waals surface area contributed by atoms with Crippen LogP contribution in [0, 0.1) is 0 Å². The minimum atomic E-state index is -4.68. The normalized spacial score (nSPS) is 14.4. The summed E-state index contributed by atoms with van der Waals surface area (Å²) in [5.41, 5.74) is 0.669. The van der Waals surface area contributed by atoms with Crippen LogP contribution in [-0.4, -0.2) is 34.3 Å². The second kappa shape index (κ2) is 8.02. The highest BCUT2D eigenvalue weighted by molar-refractivity contribution is 8.00. The van der Waals surface area contributed by atoms with Crippen molar-refractivity contribution in [1.82, 2.24) is 9.97 Å². The summed E-state index contributed by atoms with van der Waals surface area (Å²) in [6, 6.07) is 11.4. The van der Waals surface area contributed by atoms with Crippen LogP contribution in [0.25, 0.3) is 10.9 Å². The van der Waals surface area contributed by atoms with E-state index in [0.717, 1.165) is 11.8 Å². The minimum Gasteiger partial charge on any atom is -0.486 e. The van der Waals surface area contributed by atoms with E-state index in [0.29, 0.717) is 35.8 Å². The van der Waals surface area contributed by atoms with Gasteiger partial charge in [-0.1, -0.05) is 30.0 Å². The van der Waals surface area contributed by atoms with Crippen LogP contribution in [0.1, 0.15) is 12.7 Å². The Balaban J connectivity index is 1.55. The summed E-state index contributed by atoms with van der Waals surface area (Å²) >= 11 is 0.940. The van der Waals surface area contributed by atoms with E-state index in [4.69, 9.17) is 9.47 Å². The lowest BCUT2D eigenvalue weighted by Gasteiger charge is -2.19. The molecule has 156 valence electrons. The van der Waals surface area contributed by atoms with Crippen LogP contribution in [0.3, 0.4) is 0 Å². The number of para-hydroxylation sites is 1. The number of thioether (sulfide) groups is 1. The smallest absolute Gasteiger partial charge is 0.451 e. The molecule has 2 aromatic carbocycles. The Morgan fingerprint density at radius 3 is 2.60 bits per heavy atom. The van der Waals surface area contributed by atoms with Gasteiger partial charge in [-0.2, -0.15) is 13.2 Å². The molecule has 1 N–H and O–H groups in total. The Hall–Kier alpha value is -3.01. The highest BCUT2D eigenvalue weighted by atomic mass is 32.2. The van der Waals surface area contributed by atoms with Gasteiger partial charge in [-0.3, -0.25) is 4.79 Å². The van der Waals surface area contributed by atoms with Crippen LogP contribution < -0.4 is 14.8 Å². The number of hydrogen-bond acceptors (Lipinski definition) is 6. The van der Waals surface area contributed by atoms with Gasteiger partial charge in [0.2, 0.25) is 11.7 Å². The number of halogens is 3. The quantitative estimate of drug-likeness (QED) is 0.479. The number of hydrogen-bond donors (Lipinski definition) is 1. The van der Waals surface area contributed by atoms with Crippen molar-refractivity contribution < 1.29 is 27.4 Å². The molecule has 0 fully saturated rings. The molecule has 1 atom stereocenters. The summed E-state index contributed by atoms with van der Waals surface area (Å²) in [6.07, 6.45) is -4.68. The van der Waals surface area contributed by atoms with Crippen LogP contribution in [-0.2, 0) is 11.0 Å². The Labute approximate surface area is 173 Å². The highest BCUT2D eigenvalue weighted by Crippen LogP contribution is 2.35. The van der Waals surface area contributed by atoms with Crippen LogP contribution in [0.5, 0.6) is 11.5 Å². The summed E-state index contributed by atoms with van der Waals surface area (Å²) < 4.78 is 50.5. The van der Waals surface area contributed by atoms with E-state index in [9.17, 15) is 18.0 Å². The van der Waals surface area contributed by atoms with E-state index in [1.165, 1.54) is 6.07 Å². The molecule has 1 amide bonds. The first-order valence-electron chi connectivity index (χ1n) is 9.02. The van der Waals surface area contributed by atoms with E-state index in [-0.39, 0.29) is 16.4 Å². The standard InChI is InChI=1S/C20H16F3N3O3S/c1-11(17(27)24-12-6-7-15-16(10-12)29-9-8-28-15)30-18-13-4-2-3-5-14(13)25-19(26-18)20(21,22)23/h2-7,10-11H,8-9H2,1H3,(H,24,27)/t11-/m1/s1. The molecule has 30 heavy (non-hydrogen) atoms. The first-order valence-corrected chi connectivity index (χ1v) is 9.90. The fraction of sp³-hybridized carbons (Fsp3) is 0.250. The first-order chi connectivity index (χ1) is 14.3. The molecule has 0 radical (unpaired) electrons. The molecule has 0 spiro atoms. The molecule has 0 unspecified atom stereocenters. The maximum atomic E-state index is 13.2. The second-order valence-electron chi connectivity index (χ2n) is 6.48. The molecule has 10 heteroatoms. The molecule has 1 aliphatic heterocycles. The lowest BCUT2D eigenvalue weighted by atomic mass is 10.2. The van der Waals surface area contributed by atoms with Crippen molar-refractivity contribution in [1.29, 1.82) is 0 Å². The first kappa shape index (κ1) is 20.3. The molecule has 0 aliphatic carbocycles. The average molecular weight is 435 g/mol. The van der Waals surface area contributed by atoms with Crippen LogP contribution >= 0.6 is 11.8 Å². The Kier molecular flexibility index (Phi) is 5.42. The zero-order chi connectivity index (χ0) is 21.3. The summed E-state index contributed by atoms with van der Waals surface area (Å²) in [6.45, 7) is 2.47. The van der Waals surface area contributed by atoms with Gasteiger partial charge in [0.05, 0.1) is 10.8 Å². The van der Waals surface area contributed by atoms with Gasteiger partial charge >= 0.3 is 6.18 Å². The van der Waals surface area contributed by atoms with Crippen LogP contribution in [0.15, 0.2) is 47.5 Å². The van der Waals surface area contributed by atoms with E-state index in [2.05, 4.69) is 15.3 Å². The molecule has 4 rings (SSSR count). The number of amides is 1. The fourth-order valence-corrected chi connectivity index (χ4v) is 3.79. The molecule has 0 saturated carbocycles. The Bertz CT molecular complexity index is 1110. The third-order valence-electron chi connectivity index (χ3n) is 4.29. The van der Waals surface area contributed by atoms with Gasteiger partial charge in [-0.05, 0) is 25.1 Å².